The van der Waals surface area contributed by atoms with Crippen LogP contribution in [0.5, 0.6) is 0 Å². The van der Waals surface area contributed by atoms with Gasteiger partial charge < -0.3 is 20.7 Å². The zero-order chi connectivity index (χ0) is 34.1. The highest BCUT2D eigenvalue weighted by atomic mass is 19.1. The van der Waals surface area contributed by atoms with Gasteiger partial charge in [0.25, 0.3) is 0 Å². The van der Waals surface area contributed by atoms with Gasteiger partial charge in [0.1, 0.15) is 22.8 Å². The number of halogens is 1. The molecule has 2 bridgehead atoms. The van der Waals surface area contributed by atoms with Crippen LogP contribution in [0.1, 0.15) is 64.3 Å². The molecule has 4 fully saturated rings. The molecule has 4 aromatic rings. The number of dihydropyridines is 1. The van der Waals surface area contributed by atoms with Gasteiger partial charge in [0.2, 0.25) is 0 Å². The number of hydrogen-bond donors (Lipinski definition) is 2. The van der Waals surface area contributed by atoms with Crippen LogP contribution in [0.3, 0.4) is 0 Å². The molecule has 0 radical (unpaired) electrons. The van der Waals surface area contributed by atoms with Gasteiger partial charge in [-0.05, 0) is 102 Å². The maximum Gasteiger partial charge on any atom is 0.408 e. The first kappa shape index (κ1) is 31.5. The van der Waals surface area contributed by atoms with Crippen LogP contribution in [0.4, 0.5) is 14.9 Å². The maximum atomic E-state index is 16.3. The van der Waals surface area contributed by atoms with E-state index in [4.69, 9.17) is 20.4 Å². The summed E-state index contributed by atoms with van der Waals surface area (Å²) in [5.74, 6) is 0.798. The SMILES string of the molecule is CN1C2CC1CN(c1cccc(-c3ccc4nc(C5=CCCN=C5N)n(-c5ccc(C6(NC(=O)OC(C)(C)C)CCC6)cc5)c4n3)c1F)C2. The maximum absolute atomic E-state index is 16.3. The first-order valence-electron chi connectivity index (χ1n) is 17.3. The van der Waals surface area contributed by atoms with Crippen LogP contribution in [0, 0.1) is 5.82 Å². The minimum atomic E-state index is -0.586. The summed E-state index contributed by atoms with van der Waals surface area (Å²) in [6, 6.07) is 18.4. The lowest BCUT2D eigenvalue weighted by molar-refractivity contribution is 0.0261. The summed E-state index contributed by atoms with van der Waals surface area (Å²) in [6.07, 6.45) is 6.24. The van der Waals surface area contributed by atoms with Crippen molar-refractivity contribution in [2.24, 2.45) is 10.7 Å². The molecule has 3 saturated heterocycles. The number of nitrogens with one attached hydrogen (secondary N) is 1. The van der Waals surface area contributed by atoms with Crippen LogP contribution in [-0.2, 0) is 10.3 Å². The quantitative estimate of drug-likeness (QED) is 0.254. The number of anilines is 1. The van der Waals surface area contributed by atoms with E-state index in [0.29, 0.717) is 58.4 Å². The number of fused-ring (bicyclic) bond motifs is 3. The Balaban J connectivity index is 1.18. The molecular weight excluding hydrogens is 619 g/mol. The van der Waals surface area contributed by atoms with Gasteiger partial charge in [0.15, 0.2) is 11.5 Å². The minimum Gasteiger partial charge on any atom is -0.444 e. The number of pyridine rings is 1. The van der Waals surface area contributed by atoms with Crippen LogP contribution < -0.4 is 16.0 Å². The Labute approximate surface area is 285 Å². The predicted octanol–water partition coefficient (Wildman–Crippen LogP) is 6.17. The molecule has 3 N–H and O–H groups in total. The lowest BCUT2D eigenvalue weighted by atomic mass is 9.72. The number of benzene rings is 2. The van der Waals surface area contributed by atoms with E-state index in [-0.39, 0.29) is 5.82 Å². The number of aromatic nitrogens is 3. The fourth-order valence-corrected chi connectivity index (χ4v) is 7.72. The van der Waals surface area contributed by atoms with E-state index in [9.17, 15) is 4.79 Å². The zero-order valence-corrected chi connectivity index (χ0v) is 28.5. The molecule has 49 heavy (non-hydrogen) atoms. The number of imidazole rings is 1. The lowest BCUT2D eigenvalue weighted by Gasteiger charge is -2.55. The third-order valence-corrected chi connectivity index (χ3v) is 10.6. The van der Waals surface area contributed by atoms with Gasteiger partial charge in [0, 0.05) is 43.0 Å². The molecule has 4 aliphatic heterocycles. The molecule has 5 aliphatic rings. The fourth-order valence-electron chi connectivity index (χ4n) is 7.72. The molecule has 1 amide bonds. The highest BCUT2D eigenvalue weighted by Crippen LogP contribution is 2.42. The van der Waals surface area contributed by atoms with Crippen molar-refractivity contribution in [3.8, 4) is 16.9 Å². The number of amides is 1. The van der Waals surface area contributed by atoms with Gasteiger partial charge in [0.05, 0.1) is 22.5 Å². The summed E-state index contributed by atoms with van der Waals surface area (Å²) in [5.41, 5.74) is 10.8. The second-order valence-electron chi connectivity index (χ2n) is 14.8. The smallest absolute Gasteiger partial charge is 0.408 e. The number of amidine groups is 1. The fraction of sp³-hybridized carbons (Fsp3) is 0.421. The summed E-state index contributed by atoms with van der Waals surface area (Å²) in [4.78, 5) is 31.9. The highest BCUT2D eigenvalue weighted by molar-refractivity contribution is 6.22. The second kappa shape index (κ2) is 11.7. The van der Waals surface area contributed by atoms with Crippen LogP contribution >= 0.6 is 0 Å². The first-order valence-corrected chi connectivity index (χ1v) is 17.3. The minimum absolute atomic E-state index is 0.261. The lowest BCUT2D eigenvalue weighted by Crippen LogP contribution is -2.67. The number of nitrogens with two attached hydrogens (primary N) is 1. The second-order valence-corrected chi connectivity index (χ2v) is 14.8. The van der Waals surface area contributed by atoms with Crippen molar-refractivity contribution in [2.75, 3.05) is 31.6 Å². The number of carbonyl (C=O) groups excluding carboxylic acids is 1. The van der Waals surface area contributed by atoms with Crippen LogP contribution in [0.2, 0.25) is 0 Å². The van der Waals surface area contributed by atoms with Crippen molar-refractivity contribution >= 4 is 34.4 Å². The average molecular weight is 663 g/mol. The molecule has 1 aliphatic carbocycles. The molecule has 254 valence electrons. The Kier molecular flexibility index (Phi) is 7.51. The zero-order valence-electron chi connectivity index (χ0n) is 28.5. The van der Waals surface area contributed by atoms with Crippen molar-refractivity contribution in [1.82, 2.24) is 24.8 Å². The monoisotopic (exact) mass is 662 g/mol. The van der Waals surface area contributed by atoms with E-state index in [1.165, 1.54) is 6.42 Å². The number of piperazine rings is 1. The molecule has 2 atom stereocenters. The third-order valence-electron chi connectivity index (χ3n) is 10.6. The van der Waals surface area contributed by atoms with Gasteiger partial charge in [-0.25, -0.2) is 19.2 Å². The van der Waals surface area contributed by atoms with Gasteiger partial charge in [-0.3, -0.25) is 14.5 Å². The van der Waals surface area contributed by atoms with Crippen molar-refractivity contribution in [1.29, 1.82) is 0 Å². The van der Waals surface area contributed by atoms with Crippen LogP contribution in [0.15, 0.2) is 65.7 Å². The summed E-state index contributed by atoms with van der Waals surface area (Å²) >= 11 is 0. The van der Waals surface area contributed by atoms with Gasteiger partial charge in [-0.2, -0.15) is 0 Å². The summed E-state index contributed by atoms with van der Waals surface area (Å²) in [7, 11) is 2.15. The molecular formula is C38H43FN8O2. The molecule has 11 heteroatoms. The van der Waals surface area contributed by atoms with Crippen molar-refractivity contribution in [3.05, 3.63) is 77.9 Å². The number of carbonyl (C=O) groups is 1. The number of piperidine rings is 1. The highest BCUT2D eigenvalue weighted by Gasteiger charge is 2.43. The van der Waals surface area contributed by atoms with Crippen LogP contribution in [0.25, 0.3) is 33.7 Å². The topological polar surface area (TPSA) is 114 Å². The van der Waals surface area contributed by atoms with Crippen LogP contribution in [-0.4, -0.2) is 75.7 Å². The predicted molar refractivity (Wildman–Crippen MR) is 190 cm³/mol. The summed E-state index contributed by atoms with van der Waals surface area (Å²) in [5, 5.41) is 3.15. The summed E-state index contributed by atoms with van der Waals surface area (Å²) in [6.45, 7) is 7.85. The van der Waals surface area contributed by atoms with Gasteiger partial charge >= 0.3 is 6.09 Å². The normalized spacial score (nSPS) is 21.8. The van der Waals surface area contributed by atoms with Crippen molar-refractivity contribution < 1.29 is 13.9 Å². The third kappa shape index (κ3) is 5.53. The van der Waals surface area contributed by atoms with E-state index in [0.717, 1.165) is 55.6 Å². The number of hydrogen-bond acceptors (Lipinski definition) is 8. The molecule has 10 nitrogen and oxygen atoms in total. The number of aliphatic imine (C=N–C) groups is 1. The largest absolute Gasteiger partial charge is 0.444 e. The van der Waals surface area contributed by atoms with Gasteiger partial charge in [-0.15, -0.1) is 0 Å². The van der Waals surface area contributed by atoms with E-state index >= 15 is 4.39 Å². The first-order chi connectivity index (χ1) is 23.5. The molecule has 1 saturated carbocycles. The standard InChI is InChI=1S/C38H43FN8O2/c1-37(2,3)49-36(48)44-38(17-7-18-38)23-11-13-24(14-12-23)47-34(28-9-6-19-41-33(28)40)43-30-16-15-29(42-35(30)47)27-8-5-10-31(32(27)39)46-21-25-20-26(22-46)45(25)4/h5,8-16,25-26H,6-7,17-22H2,1-4H3,(H2,40,41)(H,44,48). The molecule has 2 aromatic heterocycles. The Morgan fingerprint density at radius 2 is 1.80 bits per heavy atom. The number of nitrogens with zero attached hydrogens (tertiary/aromatic N) is 6. The van der Waals surface area contributed by atoms with E-state index < -0.39 is 17.2 Å². The number of alkyl carbamates (subject to hydrolysis) is 1. The Morgan fingerprint density at radius 3 is 2.45 bits per heavy atom. The molecule has 2 unspecified atom stereocenters. The van der Waals surface area contributed by atoms with Crippen molar-refractivity contribution in [3.63, 3.8) is 0 Å². The van der Waals surface area contributed by atoms with E-state index in [1.54, 1.807) is 6.07 Å². The number of rotatable bonds is 6. The molecule has 9 rings (SSSR count). The van der Waals surface area contributed by atoms with E-state index in [2.05, 4.69) is 33.2 Å². The average Bonchev–Trinajstić information content (AvgIpc) is 3.44. The molecule has 0 spiro atoms. The summed E-state index contributed by atoms with van der Waals surface area (Å²) < 4.78 is 23.9. The number of ether oxygens (including phenoxy) is 1. The van der Waals surface area contributed by atoms with E-state index in [1.807, 2.05) is 73.9 Å². The Bertz CT molecular complexity index is 1990. The molecule has 2 aromatic carbocycles. The Hall–Kier alpha value is -4.77. The van der Waals surface area contributed by atoms with Crippen molar-refractivity contribution in [2.45, 2.75) is 76.1 Å². The Morgan fingerprint density at radius 1 is 1.04 bits per heavy atom. The number of likely N-dealkylation sites (N-methyl/N-ethyl adjacent to an activating group) is 1. The molecule has 6 heterocycles. The van der Waals surface area contributed by atoms with Gasteiger partial charge in [-0.1, -0.05) is 24.3 Å².